The second kappa shape index (κ2) is 37.7. The number of imidazole rings is 5. The molecule has 0 bridgehead atoms. The molecular formula is C71H106N28. The first-order valence-electron chi connectivity index (χ1n) is 33.7. The van der Waals surface area contributed by atoms with Gasteiger partial charge >= 0.3 is 0 Å². The summed E-state index contributed by atoms with van der Waals surface area (Å²) in [7, 11) is 8.03. The van der Waals surface area contributed by atoms with Crippen molar-refractivity contribution in [1.82, 2.24) is 135 Å². The van der Waals surface area contributed by atoms with Crippen molar-refractivity contribution < 1.29 is 0 Å². The maximum Gasteiger partial charge on any atom is 0.251 e. The van der Waals surface area contributed by atoms with Crippen molar-refractivity contribution in [3.05, 3.63) is 210 Å². The standard InChI is InChI=1S/C9H13N3.C8H12N4.C8H11N3.C7H10N4.C7H8N2.C6H7N3.C6H6N2.C5H4N4.C5H5N3.5C2H6/c1-6-5-12-9(7(6)2)11(4)8(3)10-12;1-5-6(2)12-8(9-5)11(4)7(3)10-12;1-5-4-11-8(6(5)2)9-7(3)10-11;1-4-5(2)11-7(8-4)9-6(3)10-11;1-8-5-6-9-4-2-3-7(8)9;1-8-5-7-9-4-2-3-6(8)9;1-2-6-7-3-5-8(6)4-1;1-2-7-5-4(6-1)8-3-9-5;1-2-5-6-4-7-8(5)3-1;5*1-2/h5H,1-4H3;1-4H3;4H,1-3H3,(H,9,10);1-3H3,(H,8,9,10);2-6H,1H3;2-5H,1H3;1-5,7H;1-3H,(H,6,7,8,9);1-4H,(H,6,7);5*1-2H3. The maximum atomic E-state index is 4.40. The third kappa shape index (κ3) is 19.2. The van der Waals surface area contributed by atoms with Gasteiger partial charge in [0.15, 0.2) is 22.6 Å². The Bertz CT molecular complexity index is 4800. The fourth-order valence-electron chi connectivity index (χ4n) is 9.51. The molecule has 0 aliphatic heterocycles. The van der Waals surface area contributed by atoms with Gasteiger partial charge in [0.1, 0.15) is 58.5 Å². The van der Waals surface area contributed by atoms with E-state index >= 15 is 0 Å². The predicted octanol–water partition coefficient (Wildman–Crippen LogP) is 14.5. The van der Waals surface area contributed by atoms with Gasteiger partial charge in [0.2, 0.25) is 5.78 Å². The molecule has 0 radical (unpaired) electrons. The Morgan fingerprint density at radius 2 is 1.10 bits per heavy atom. The van der Waals surface area contributed by atoms with Crippen molar-refractivity contribution in [1.29, 1.82) is 0 Å². The van der Waals surface area contributed by atoms with Crippen LogP contribution in [-0.4, -0.2) is 135 Å². The van der Waals surface area contributed by atoms with E-state index in [1.54, 1.807) is 31.4 Å². The second-order valence-electron chi connectivity index (χ2n) is 21.3. The topological polar surface area (TPSA) is 276 Å². The predicted molar refractivity (Wildman–Crippen MR) is 400 cm³/mol. The summed E-state index contributed by atoms with van der Waals surface area (Å²) < 4.78 is 23.6. The van der Waals surface area contributed by atoms with Crippen molar-refractivity contribution in [3.63, 3.8) is 0 Å². The average Bonchev–Trinajstić information content (AvgIpc) is 1.62. The molecule has 0 aliphatic rings. The minimum absolute atomic E-state index is 0.664. The van der Waals surface area contributed by atoms with Crippen LogP contribution in [0.5, 0.6) is 0 Å². The number of aromatic nitrogens is 28. The third-order valence-corrected chi connectivity index (χ3v) is 15.2. The molecule has 0 aromatic carbocycles. The van der Waals surface area contributed by atoms with Crippen LogP contribution in [0.15, 0.2) is 142 Å². The van der Waals surface area contributed by atoms with E-state index in [1.165, 1.54) is 33.5 Å². The number of hydrogen-bond donors (Lipinski definition) is 5. The van der Waals surface area contributed by atoms with Crippen LogP contribution in [-0.2, 0) is 28.2 Å². The van der Waals surface area contributed by atoms with Crippen LogP contribution in [0, 0.1) is 83.1 Å². The molecule has 0 aliphatic carbocycles. The molecule has 18 heterocycles. The molecule has 0 saturated heterocycles. The van der Waals surface area contributed by atoms with E-state index in [0.29, 0.717) is 5.65 Å². The summed E-state index contributed by atoms with van der Waals surface area (Å²) in [5.41, 5.74) is 17.6. The summed E-state index contributed by atoms with van der Waals surface area (Å²) in [6, 6.07) is 16.0. The van der Waals surface area contributed by atoms with E-state index in [-0.39, 0.29) is 0 Å². The minimum atomic E-state index is 0.664. The molecule has 28 nitrogen and oxygen atoms in total. The highest BCUT2D eigenvalue weighted by Gasteiger charge is 2.12. The van der Waals surface area contributed by atoms with Crippen molar-refractivity contribution in [3.8, 4) is 0 Å². The van der Waals surface area contributed by atoms with Crippen LogP contribution in [0.1, 0.15) is 138 Å². The third-order valence-electron chi connectivity index (χ3n) is 15.2. The van der Waals surface area contributed by atoms with E-state index in [2.05, 4.69) is 140 Å². The number of rotatable bonds is 0. The van der Waals surface area contributed by atoms with Crippen LogP contribution in [0.4, 0.5) is 0 Å². The number of fused-ring (bicyclic) bond motifs is 9. The van der Waals surface area contributed by atoms with Gasteiger partial charge in [-0.05, 0) is 154 Å². The maximum absolute atomic E-state index is 4.40. The van der Waals surface area contributed by atoms with E-state index in [1.807, 2.05) is 285 Å². The van der Waals surface area contributed by atoms with E-state index < -0.39 is 0 Å². The molecule has 5 N–H and O–H groups in total. The van der Waals surface area contributed by atoms with Gasteiger partial charge in [0.05, 0.1) is 29.1 Å². The van der Waals surface area contributed by atoms with Crippen LogP contribution in [0.2, 0.25) is 0 Å². The Balaban J connectivity index is 0.000000198. The molecule has 18 rings (SSSR count). The normalized spacial score (nSPS) is 10.1. The highest BCUT2D eigenvalue weighted by atomic mass is 15.4. The molecule has 0 spiro atoms. The summed E-state index contributed by atoms with van der Waals surface area (Å²) in [5.74, 6) is 5.58. The molecule has 0 fully saturated rings. The molecule has 28 heteroatoms. The summed E-state index contributed by atoms with van der Waals surface area (Å²) in [5, 5.41) is 21.9. The molecule has 99 heavy (non-hydrogen) atoms. The molecule has 0 saturated carbocycles. The Kier molecular flexibility index (Phi) is 29.8. The largest absolute Gasteiger partial charge is 0.346 e. The quantitative estimate of drug-likeness (QED) is 0.0952. The highest BCUT2D eigenvalue weighted by Crippen LogP contribution is 2.17. The lowest BCUT2D eigenvalue weighted by atomic mass is 10.2. The molecule has 530 valence electrons. The number of H-pyrrole nitrogens is 5. The zero-order valence-corrected chi connectivity index (χ0v) is 63.1. The lowest BCUT2D eigenvalue weighted by Crippen LogP contribution is -1.91. The Morgan fingerprint density at radius 3 is 1.75 bits per heavy atom. The van der Waals surface area contributed by atoms with E-state index in [4.69, 9.17) is 0 Å². The average molecular weight is 1350 g/mol. The van der Waals surface area contributed by atoms with E-state index in [0.717, 1.165) is 85.9 Å². The number of nitrogens with zero attached hydrogens (tertiary/aromatic N) is 23. The first kappa shape index (κ1) is 78.2. The smallest absolute Gasteiger partial charge is 0.251 e. The minimum Gasteiger partial charge on any atom is -0.346 e. The summed E-state index contributed by atoms with van der Waals surface area (Å²) >= 11 is 0. The Morgan fingerprint density at radius 1 is 0.465 bits per heavy atom. The van der Waals surface area contributed by atoms with Gasteiger partial charge in [-0.3, -0.25) is 15.3 Å². The summed E-state index contributed by atoms with van der Waals surface area (Å²) in [4.78, 5) is 38.9. The summed E-state index contributed by atoms with van der Waals surface area (Å²) in [6.07, 6.45) is 28.2. The van der Waals surface area contributed by atoms with Gasteiger partial charge in [-0.25, -0.2) is 62.0 Å². The lowest BCUT2D eigenvalue weighted by Gasteiger charge is -1.95. The lowest BCUT2D eigenvalue weighted by molar-refractivity contribution is 0.855. The number of hydrogen-bond acceptors (Lipinski definition) is 11. The molecule has 0 atom stereocenters. The van der Waals surface area contributed by atoms with Crippen molar-refractivity contribution in [2.24, 2.45) is 28.2 Å². The monoisotopic (exact) mass is 1350 g/mol. The van der Waals surface area contributed by atoms with Crippen LogP contribution in [0.25, 0.3) is 56.7 Å². The zero-order valence-electron chi connectivity index (χ0n) is 63.1. The first-order chi connectivity index (χ1) is 47.7. The Hall–Kier alpha value is -11.5. The highest BCUT2D eigenvalue weighted by molar-refractivity contribution is 5.63. The second-order valence-corrected chi connectivity index (χ2v) is 21.3. The number of aryl methyl sites for hydroxylation is 16. The molecule has 18 aromatic heterocycles. The van der Waals surface area contributed by atoms with Crippen LogP contribution in [0.3, 0.4) is 0 Å². The van der Waals surface area contributed by atoms with Crippen molar-refractivity contribution >= 4 is 56.7 Å². The zero-order chi connectivity index (χ0) is 73.2. The van der Waals surface area contributed by atoms with Crippen LogP contribution >= 0.6 is 0 Å². The summed E-state index contributed by atoms with van der Waals surface area (Å²) in [6.45, 7) is 44.3. The van der Waals surface area contributed by atoms with Gasteiger partial charge in [0.25, 0.3) is 5.78 Å². The number of aromatic amines is 5. The Labute approximate surface area is 579 Å². The van der Waals surface area contributed by atoms with Crippen molar-refractivity contribution in [2.75, 3.05) is 0 Å². The van der Waals surface area contributed by atoms with Crippen molar-refractivity contribution in [2.45, 2.75) is 152 Å². The van der Waals surface area contributed by atoms with Gasteiger partial charge in [-0.1, -0.05) is 69.2 Å². The van der Waals surface area contributed by atoms with Gasteiger partial charge < -0.3 is 37.0 Å². The molecular weight excluding hydrogens is 1240 g/mol. The van der Waals surface area contributed by atoms with E-state index in [9.17, 15) is 0 Å². The fraction of sp³-hybridized carbons (Fsp3) is 0.366. The van der Waals surface area contributed by atoms with Gasteiger partial charge in [-0.15, -0.1) is 0 Å². The molecule has 0 amide bonds. The molecule has 18 aromatic rings. The fourth-order valence-corrected chi connectivity index (χ4v) is 9.51. The first-order valence-corrected chi connectivity index (χ1v) is 33.7. The van der Waals surface area contributed by atoms with Gasteiger partial charge in [-0.2, -0.15) is 20.3 Å². The number of nitrogens with one attached hydrogen (secondary N) is 5. The SMILES string of the molecule is CC.CC.CC.CC.CC.Cc1cn2nc(C)n(C)c2c1C.Cc1nc2c(C)c(C)cn2[nH]1.Cc1nc2n(C)c(C)nn2c1C.Cc1nc2nc(C)c(C)n2[nH]1.Cn1ccn2cccc12.Cn1cnn2cccc12.c1cc2[nH]ccn2c1.c1cc2nc[nH]n2c1.c1cnc2[nH]cnc2n1. The van der Waals surface area contributed by atoms with Crippen LogP contribution < -0.4 is 0 Å². The molecule has 0 unspecified atom stereocenters. The van der Waals surface area contributed by atoms with Gasteiger partial charge in [0, 0.05) is 103 Å².